The highest BCUT2D eigenvalue weighted by Gasteiger charge is 2.00. The molecular weight excluding hydrogens is 392 g/mol. The van der Waals surface area contributed by atoms with E-state index in [1.54, 1.807) is 0 Å². The molecule has 1 aromatic carbocycles. The molecule has 0 fully saturated rings. The highest BCUT2D eigenvalue weighted by Crippen LogP contribution is 2.18. The zero-order valence-electron chi connectivity index (χ0n) is 7.10. The molecule has 0 aliphatic rings. The summed E-state index contributed by atoms with van der Waals surface area (Å²) in [7, 11) is 0. The van der Waals surface area contributed by atoms with Crippen molar-refractivity contribution in [1.82, 2.24) is 0 Å². The first-order chi connectivity index (χ1) is 6.11. The van der Waals surface area contributed by atoms with Gasteiger partial charge in [0.1, 0.15) is 0 Å². The van der Waals surface area contributed by atoms with Crippen molar-refractivity contribution >= 4 is 56.8 Å². The van der Waals surface area contributed by atoms with Gasteiger partial charge in [0.15, 0.2) is 0 Å². The molecule has 1 N–H and O–H groups in total. The van der Waals surface area contributed by atoms with Gasteiger partial charge < -0.3 is 5.32 Å². The van der Waals surface area contributed by atoms with Crippen molar-refractivity contribution in [2.45, 2.75) is 13.3 Å². The smallest absolute Gasteiger partial charge is 0.224 e. The van der Waals surface area contributed by atoms with Crippen LogP contribution in [-0.2, 0) is 4.79 Å². The molecule has 0 aromatic heterocycles. The molecule has 0 unspecified atom stereocenters. The number of halogens is 2. The molecule has 0 heterocycles. The minimum atomic E-state index is 0.0535. The fourth-order valence-electron chi connectivity index (χ4n) is 0.875. The largest absolute Gasteiger partial charge is 0.326 e. The highest BCUT2D eigenvalue weighted by atomic mass is 127. The number of nitrogens with one attached hydrogen (secondary N) is 1. The summed E-state index contributed by atoms with van der Waals surface area (Å²) in [6.07, 6.45) is 0.516. The van der Waals surface area contributed by atoms with E-state index < -0.39 is 0 Å². The van der Waals surface area contributed by atoms with Crippen LogP contribution in [-0.4, -0.2) is 5.91 Å². The molecule has 2 nitrogen and oxygen atoms in total. The summed E-state index contributed by atoms with van der Waals surface area (Å²) in [6, 6.07) is 5.97. The Hall–Kier alpha value is 0.150. The third-order valence-corrected chi connectivity index (χ3v) is 2.71. The second kappa shape index (κ2) is 5.14. The summed E-state index contributed by atoms with van der Waals surface area (Å²) in [5.41, 5.74) is 0.878. The average Bonchev–Trinajstić information content (AvgIpc) is 2.02. The first-order valence-electron chi connectivity index (χ1n) is 3.87. The minimum absolute atomic E-state index is 0.0535. The molecule has 0 atom stereocenters. The topological polar surface area (TPSA) is 29.1 Å². The van der Waals surface area contributed by atoms with Crippen LogP contribution in [0.25, 0.3) is 0 Å². The van der Waals surface area contributed by atoms with Gasteiger partial charge in [0, 0.05) is 19.2 Å². The third kappa shape index (κ3) is 3.80. The van der Waals surface area contributed by atoms with E-state index in [-0.39, 0.29) is 5.91 Å². The maximum atomic E-state index is 11.1. The summed E-state index contributed by atoms with van der Waals surface area (Å²) in [5, 5.41) is 2.82. The lowest BCUT2D eigenvalue weighted by atomic mass is 10.3. The number of rotatable bonds is 2. The van der Waals surface area contributed by atoms with Crippen LogP contribution in [0.3, 0.4) is 0 Å². The maximum absolute atomic E-state index is 11.1. The Bertz CT molecular complexity index is 305. The van der Waals surface area contributed by atoms with E-state index in [1.807, 2.05) is 19.1 Å². The van der Waals surface area contributed by atoms with E-state index in [1.165, 1.54) is 0 Å². The van der Waals surface area contributed by atoms with Gasteiger partial charge in [0.25, 0.3) is 0 Å². The molecular formula is C9H9I2NO. The Balaban J connectivity index is 2.83. The van der Waals surface area contributed by atoms with Crippen LogP contribution in [0, 0.1) is 7.14 Å². The molecule has 1 aromatic rings. The van der Waals surface area contributed by atoms with E-state index in [2.05, 4.69) is 56.6 Å². The normalized spacial score (nSPS) is 9.77. The molecule has 0 saturated carbocycles. The number of amides is 1. The summed E-state index contributed by atoms with van der Waals surface area (Å²) < 4.78 is 2.27. The molecule has 1 rings (SSSR count). The Morgan fingerprint density at radius 1 is 1.31 bits per heavy atom. The zero-order valence-corrected chi connectivity index (χ0v) is 11.4. The maximum Gasteiger partial charge on any atom is 0.224 e. The molecule has 0 aliphatic carbocycles. The van der Waals surface area contributed by atoms with Crippen LogP contribution in [0.5, 0.6) is 0 Å². The van der Waals surface area contributed by atoms with Gasteiger partial charge in [-0.3, -0.25) is 4.79 Å². The lowest BCUT2D eigenvalue weighted by molar-refractivity contribution is -0.115. The highest BCUT2D eigenvalue weighted by molar-refractivity contribution is 14.1. The zero-order chi connectivity index (χ0) is 9.84. The molecule has 0 aliphatic heterocycles. The predicted octanol–water partition coefficient (Wildman–Crippen LogP) is 3.24. The molecule has 0 bridgehead atoms. The molecule has 0 saturated heterocycles. The minimum Gasteiger partial charge on any atom is -0.326 e. The van der Waals surface area contributed by atoms with Crippen LogP contribution in [0.2, 0.25) is 0 Å². The Morgan fingerprint density at radius 2 is 1.85 bits per heavy atom. The first-order valence-corrected chi connectivity index (χ1v) is 6.03. The number of anilines is 1. The molecule has 0 radical (unpaired) electrons. The molecule has 13 heavy (non-hydrogen) atoms. The van der Waals surface area contributed by atoms with Crippen LogP contribution < -0.4 is 5.32 Å². The number of hydrogen-bond acceptors (Lipinski definition) is 1. The summed E-state index contributed by atoms with van der Waals surface area (Å²) in [5.74, 6) is 0.0535. The fourth-order valence-corrected chi connectivity index (χ4v) is 2.81. The Labute approximate surface area is 105 Å². The lowest BCUT2D eigenvalue weighted by Crippen LogP contribution is -2.09. The molecule has 1 amide bonds. The number of carbonyl (C=O) groups is 1. The van der Waals surface area contributed by atoms with Gasteiger partial charge in [-0.25, -0.2) is 0 Å². The Kier molecular flexibility index (Phi) is 4.43. The molecule has 4 heteroatoms. The van der Waals surface area contributed by atoms with Crippen LogP contribution >= 0.6 is 45.2 Å². The van der Waals surface area contributed by atoms with Crippen molar-refractivity contribution in [2.24, 2.45) is 0 Å². The lowest BCUT2D eigenvalue weighted by Gasteiger charge is -2.04. The quantitative estimate of drug-likeness (QED) is 0.758. The summed E-state index contributed by atoms with van der Waals surface area (Å²) >= 11 is 4.47. The standard InChI is InChI=1S/C9H9I2NO/c1-2-9(13)12-8-4-6(10)3-7(11)5-8/h3-5H,2H2,1H3,(H,12,13). The van der Waals surface area contributed by atoms with Crippen molar-refractivity contribution in [3.05, 3.63) is 25.3 Å². The third-order valence-electron chi connectivity index (χ3n) is 1.47. The van der Waals surface area contributed by atoms with Gasteiger partial charge >= 0.3 is 0 Å². The second-order valence-corrected chi connectivity index (χ2v) is 5.05. The number of benzene rings is 1. The van der Waals surface area contributed by atoms with Gasteiger partial charge in [-0.1, -0.05) is 6.92 Å². The van der Waals surface area contributed by atoms with Gasteiger partial charge in [0.05, 0.1) is 0 Å². The van der Waals surface area contributed by atoms with Crippen LogP contribution in [0.4, 0.5) is 5.69 Å². The SMILES string of the molecule is CCC(=O)Nc1cc(I)cc(I)c1. The summed E-state index contributed by atoms with van der Waals surface area (Å²) in [6.45, 7) is 1.84. The van der Waals surface area contributed by atoms with Gasteiger partial charge in [-0.05, 0) is 63.4 Å². The molecule has 70 valence electrons. The van der Waals surface area contributed by atoms with E-state index in [9.17, 15) is 4.79 Å². The van der Waals surface area contributed by atoms with Crippen molar-refractivity contribution in [3.8, 4) is 0 Å². The monoisotopic (exact) mass is 401 g/mol. The predicted molar refractivity (Wildman–Crippen MR) is 70.8 cm³/mol. The van der Waals surface area contributed by atoms with Crippen molar-refractivity contribution in [3.63, 3.8) is 0 Å². The van der Waals surface area contributed by atoms with E-state index in [0.29, 0.717) is 6.42 Å². The van der Waals surface area contributed by atoms with Crippen LogP contribution in [0.15, 0.2) is 18.2 Å². The van der Waals surface area contributed by atoms with Crippen molar-refractivity contribution in [1.29, 1.82) is 0 Å². The average molecular weight is 401 g/mol. The van der Waals surface area contributed by atoms with E-state index >= 15 is 0 Å². The Morgan fingerprint density at radius 3 is 2.31 bits per heavy atom. The van der Waals surface area contributed by atoms with Crippen LogP contribution in [0.1, 0.15) is 13.3 Å². The number of hydrogen-bond donors (Lipinski definition) is 1. The van der Waals surface area contributed by atoms with E-state index in [4.69, 9.17) is 0 Å². The number of carbonyl (C=O) groups excluding carboxylic acids is 1. The van der Waals surface area contributed by atoms with E-state index in [0.717, 1.165) is 12.8 Å². The van der Waals surface area contributed by atoms with Crippen molar-refractivity contribution in [2.75, 3.05) is 5.32 Å². The fraction of sp³-hybridized carbons (Fsp3) is 0.222. The first kappa shape index (κ1) is 11.2. The summed E-state index contributed by atoms with van der Waals surface area (Å²) in [4.78, 5) is 11.1. The molecule has 0 spiro atoms. The van der Waals surface area contributed by atoms with Gasteiger partial charge in [-0.2, -0.15) is 0 Å². The van der Waals surface area contributed by atoms with Gasteiger partial charge in [0.2, 0.25) is 5.91 Å². The van der Waals surface area contributed by atoms with Crippen molar-refractivity contribution < 1.29 is 4.79 Å². The second-order valence-electron chi connectivity index (χ2n) is 2.56. The van der Waals surface area contributed by atoms with Gasteiger partial charge in [-0.15, -0.1) is 0 Å².